The summed E-state index contributed by atoms with van der Waals surface area (Å²) in [7, 11) is 0. The van der Waals surface area contributed by atoms with Crippen molar-refractivity contribution in [1.82, 2.24) is 10.2 Å². The van der Waals surface area contributed by atoms with Crippen molar-refractivity contribution in [3.63, 3.8) is 0 Å². The molecular formula is C25H32Cl2N2O2S. The normalized spacial score (nSPS) is 12.8. The van der Waals surface area contributed by atoms with Crippen molar-refractivity contribution in [3.05, 3.63) is 69.2 Å². The summed E-state index contributed by atoms with van der Waals surface area (Å²) in [6.45, 7) is 8.38. The van der Waals surface area contributed by atoms with E-state index in [4.69, 9.17) is 23.2 Å². The molecule has 0 heterocycles. The van der Waals surface area contributed by atoms with E-state index in [9.17, 15) is 9.59 Å². The Morgan fingerprint density at radius 3 is 2.41 bits per heavy atom. The van der Waals surface area contributed by atoms with Crippen LogP contribution in [0.15, 0.2) is 42.5 Å². The van der Waals surface area contributed by atoms with Crippen molar-refractivity contribution in [3.8, 4) is 0 Å². The lowest BCUT2D eigenvalue weighted by atomic mass is 10.1. The van der Waals surface area contributed by atoms with Crippen molar-refractivity contribution in [2.24, 2.45) is 0 Å². The smallest absolute Gasteiger partial charge is 0.243 e. The van der Waals surface area contributed by atoms with Crippen LogP contribution >= 0.6 is 35.0 Å². The summed E-state index contributed by atoms with van der Waals surface area (Å²) in [6, 6.07) is 13.1. The molecule has 0 spiro atoms. The van der Waals surface area contributed by atoms with E-state index >= 15 is 0 Å². The summed E-state index contributed by atoms with van der Waals surface area (Å²) in [4.78, 5) is 28.0. The van der Waals surface area contributed by atoms with Gasteiger partial charge in [0.1, 0.15) is 6.04 Å². The Labute approximate surface area is 206 Å². The van der Waals surface area contributed by atoms with Crippen molar-refractivity contribution in [1.29, 1.82) is 0 Å². The number of hydrogen-bond acceptors (Lipinski definition) is 3. The molecule has 0 saturated carbocycles. The first kappa shape index (κ1) is 26.6. The van der Waals surface area contributed by atoms with E-state index in [1.807, 2.05) is 58.0 Å². The summed E-state index contributed by atoms with van der Waals surface area (Å²) in [5.74, 6) is 0.760. The molecule has 0 aliphatic rings. The quantitative estimate of drug-likeness (QED) is 0.401. The number of hydrogen-bond donors (Lipinski definition) is 1. The van der Waals surface area contributed by atoms with Gasteiger partial charge in [0.2, 0.25) is 11.8 Å². The summed E-state index contributed by atoms with van der Waals surface area (Å²) >= 11 is 13.6. The third kappa shape index (κ3) is 8.02. The highest BCUT2D eigenvalue weighted by Crippen LogP contribution is 2.25. The Balaban J connectivity index is 2.14. The van der Waals surface area contributed by atoms with Gasteiger partial charge in [-0.1, -0.05) is 72.9 Å². The lowest BCUT2D eigenvalue weighted by Gasteiger charge is -2.31. The fourth-order valence-electron chi connectivity index (χ4n) is 3.34. The Hall–Kier alpha value is -1.69. The largest absolute Gasteiger partial charge is 0.352 e. The molecule has 32 heavy (non-hydrogen) atoms. The maximum Gasteiger partial charge on any atom is 0.243 e. The average molecular weight is 496 g/mol. The van der Waals surface area contributed by atoms with E-state index in [0.29, 0.717) is 28.8 Å². The zero-order chi connectivity index (χ0) is 23.7. The molecule has 2 amide bonds. The van der Waals surface area contributed by atoms with Gasteiger partial charge in [-0.15, -0.1) is 11.8 Å². The summed E-state index contributed by atoms with van der Waals surface area (Å²) in [5, 5.41) is 4.06. The fourth-order valence-corrected chi connectivity index (χ4v) is 4.51. The van der Waals surface area contributed by atoms with Crippen LogP contribution in [-0.4, -0.2) is 34.6 Å². The molecule has 0 aromatic heterocycles. The van der Waals surface area contributed by atoms with Crippen LogP contribution in [0, 0.1) is 6.92 Å². The van der Waals surface area contributed by atoms with Crippen LogP contribution in [-0.2, 0) is 21.9 Å². The van der Waals surface area contributed by atoms with E-state index in [1.54, 1.807) is 11.0 Å². The van der Waals surface area contributed by atoms with Crippen LogP contribution < -0.4 is 5.32 Å². The monoisotopic (exact) mass is 494 g/mol. The predicted molar refractivity (Wildman–Crippen MR) is 136 cm³/mol. The van der Waals surface area contributed by atoms with Gasteiger partial charge in [0.15, 0.2) is 0 Å². The molecule has 4 nitrogen and oxygen atoms in total. The van der Waals surface area contributed by atoms with E-state index < -0.39 is 6.04 Å². The minimum Gasteiger partial charge on any atom is -0.352 e. The van der Waals surface area contributed by atoms with Crippen LogP contribution in [0.2, 0.25) is 10.0 Å². The molecule has 0 aliphatic carbocycles. The second kappa shape index (κ2) is 13.1. The lowest BCUT2D eigenvalue weighted by molar-refractivity contribution is -0.139. The zero-order valence-electron chi connectivity index (χ0n) is 19.2. The second-order valence-electron chi connectivity index (χ2n) is 7.99. The maximum absolute atomic E-state index is 13.3. The van der Waals surface area contributed by atoms with Gasteiger partial charge in [-0.25, -0.2) is 0 Å². The number of rotatable bonds is 11. The Morgan fingerprint density at radius 2 is 1.78 bits per heavy atom. The molecule has 0 aliphatic heterocycles. The molecule has 2 unspecified atom stereocenters. The van der Waals surface area contributed by atoms with Gasteiger partial charge >= 0.3 is 0 Å². The Morgan fingerprint density at radius 1 is 1.03 bits per heavy atom. The molecule has 2 rings (SSSR count). The predicted octanol–water partition coefficient (Wildman–Crippen LogP) is 6.26. The number of halogens is 2. The van der Waals surface area contributed by atoms with Gasteiger partial charge in [0, 0.05) is 18.3 Å². The second-order valence-corrected chi connectivity index (χ2v) is 9.79. The molecule has 2 aromatic carbocycles. The highest BCUT2D eigenvalue weighted by Gasteiger charge is 2.29. The first-order chi connectivity index (χ1) is 15.2. The molecule has 0 radical (unpaired) electrons. The highest BCUT2D eigenvalue weighted by molar-refractivity contribution is 7.99. The number of carbonyl (C=O) groups excluding carboxylic acids is 2. The summed E-state index contributed by atoms with van der Waals surface area (Å²) in [5.41, 5.74) is 3.15. The number of nitrogens with one attached hydrogen (secondary N) is 1. The van der Waals surface area contributed by atoms with E-state index in [2.05, 4.69) is 11.4 Å². The molecule has 0 bridgehead atoms. The summed E-state index contributed by atoms with van der Waals surface area (Å²) in [6.07, 6.45) is 1.39. The minimum absolute atomic E-state index is 0.0530. The van der Waals surface area contributed by atoms with Crippen LogP contribution in [0.3, 0.4) is 0 Å². The molecule has 2 atom stereocenters. The maximum atomic E-state index is 13.3. The molecule has 2 aromatic rings. The molecule has 7 heteroatoms. The number of benzene rings is 2. The first-order valence-electron chi connectivity index (χ1n) is 10.9. The van der Waals surface area contributed by atoms with Crippen LogP contribution in [0.25, 0.3) is 0 Å². The number of carbonyl (C=O) groups is 2. The van der Waals surface area contributed by atoms with Gasteiger partial charge in [-0.05, 0) is 49.9 Å². The van der Waals surface area contributed by atoms with Gasteiger partial charge in [0.05, 0.1) is 15.8 Å². The SMILES string of the molecule is CCC(C)NC(=O)C(CC)N(Cc1cccc(C)c1)C(=O)CSCc1ccc(Cl)c(Cl)c1. The van der Waals surface area contributed by atoms with Crippen molar-refractivity contribution >= 4 is 46.8 Å². The van der Waals surface area contributed by atoms with E-state index in [1.165, 1.54) is 11.8 Å². The standard InChI is InChI=1S/C25H32Cl2N2O2S/c1-5-18(4)28-25(31)23(6-2)29(14-19-9-7-8-17(3)12-19)24(30)16-32-15-20-10-11-21(26)22(27)13-20/h7-13,18,23H,5-6,14-16H2,1-4H3,(H,28,31). The Kier molecular flexibility index (Phi) is 10.9. The van der Waals surface area contributed by atoms with Crippen molar-refractivity contribution < 1.29 is 9.59 Å². The van der Waals surface area contributed by atoms with Crippen LogP contribution in [0.5, 0.6) is 0 Å². The first-order valence-corrected chi connectivity index (χ1v) is 12.8. The topological polar surface area (TPSA) is 49.4 Å². The van der Waals surface area contributed by atoms with Gasteiger partial charge in [-0.3, -0.25) is 9.59 Å². The fraction of sp³-hybridized carbons (Fsp3) is 0.440. The van der Waals surface area contributed by atoms with Crippen molar-refractivity contribution in [2.75, 3.05) is 5.75 Å². The van der Waals surface area contributed by atoms with Gasteiger partial charge in [0.25, 0.3) is 0 Å². The van der Waals surface area contributed by atoms with Gasteiger partial charge < -0.3 is 10.2 Å². The highest BCUT2D eigenvalue weighted by atomic mass is 35.5. The van der Waals surface area contributed by atoms with Crippen molar-refractivity contribution in [2.45, 2.75) is 64.9 Å². The van der Waals surface area contributed by atoms with E-state index in [0.717, 1.165) is 23.1 Å². The molecular weight excluding hydrogens is 463 g/mol. The number of aryl methyl sites for hydroxylation is 1. The van der Waals surface area contributed by atoms with Crippen LogP contribution in [0.1, 0.15) is 50.3 Å². The van der Waals surface area contributed by atoms with E-state index in [-0.39, 0.29) is 23.6 Å². The number of nitrogens with zero attached hydrogens (tertiary/aromatic N) is 1. The summed E-state index contributed by atoms with van der Waals surface area (Å²) < 4.78 is 0. The third-order valence-corrected chi connectivity index (χ3v) is 7.03. The minimum atomic E-state index is -0.511. The van der Waals surface area contributed by atoms with Crippen LogP contribution in [0.4, 0.5) is 0 Å². The number of amides is 2. The average Bonchev–Trinajstić information content (AvgIpc) is 2.75. The molecule has 174 valence electrons. The lowest BCUT2D eigenvalue weighted by Crippen LogP contribution is -2.51. The molecule has 1 N–H and O–H groups in total. The number of thioether (sulfide) groups is 1. The zero-order valence-corrected chi connectivity index (χ0v) is 21.5. The molecule has 0 fully saturated rings. The molecule has 0 saturated heterocycles. The third-order valence-electron chi connectivity index (χ3n) is 5.30. The van der Waals surface area contributed by atoms with Gasteiger partial charge in [-0.2, -0.15) is 0 Å². The Bertz CT molecular complexity index is 923.